The van der Waals surface area contributed by atoms with Gasteiger partial charge in [-0.05, 0) is 74.1 Å². The van der Waals surface area contributed by atoms with Gasteiger partial charge in [0.25, 0.3) is 0 Å². The van der Waals surface area contributed by atoms with Gasteiger partial charge in [-0.25, -0.2) is 8.42 Å². The fourth-order valence-electron chi connectivity index (χ4n) is 3.34. The molecule has 0 fully saturated rings. The summed E-state index contributed by atoms with van der Waals surface area (Å²) in [5.74, 6) is 0.529. The highest BCUT2D eigenvalue weighted by Gasteiger charge is 2.31. The number of nitrogens with one attached hydrogen (secondary N) is 1. The van der Waals surface area contributed by atoms with Crippen molar-refractivity contribution < 1.29 is 17.9 Å². The zero-order valence-electron chi connectivity index (χ0n) is 18.4. The molecule has 0 saturated carbocycles. The molecule has 0 heterocycles. The summed E-state index contributed by atoms with van der Waals surface area (Å²) < 4.78 is 31.5. The third kappa shape index (κ3) is 6.23. The Morgan fingerprint density at radius 1 is 1.10 bits per heavy atom. The molecule has 0 aliphatic heterocycles. The Balaban J connectivity index is 2.05. The van der Waals surface area contributed by atoms with Gasteiger partial charge in [0, 0.05) is 6.54 Å². The van der Waals surface area contributed by atoms with Gasteiger partial charge in [0.15, 0.2) is 0 Å². The monoisotopic (exact) mass is 432 g/mol. The number of methoxy groups -OCH3 is 1. The molecule has 1 amide bonds. The Bertz CT molecular complexity index is 956. The molecule has 1 N–H and O–H groups in total. The van der Waals surface area contributed by atoms with Crippen LogP contribution >= 0.6 is 0 Å². The molecule has 0 spiro atoms. The number of sulfonamides is 1. The first-order valence-corrected chi connectivity index (χ1v) is 12.0. The van der Waals surface area contributed by atoms with Gasteiger partial charge < -0.3 is 10.1 Å². The van der Waals surface area contributed by atoms with E-state index >= 15 is 0 Å². The third-order valence-electron chi connectivity index (χ3n) is 5.18. The summed E-state index contributed by atoms with van der Waals surface area (Å²) in [6.45, 7) is 6.20. The van der Waals surface area contributed by atoms with Crippen LogP contribution in [0.4, 0.5) is 5.69 Å². The lowest BCUT2D eigenvalue weighted by Gasteiger charge is -2.30. The minimum absolute atomic E-state index is 0.282. The topological polar surface area (TPSA) is 75.7 Å². The summed E-state index contributed by atoms with van der Waals surface area (Å²) in [6.07, 6.45) is 3.09. The molecule has 2 aromatic carbocycles. The Kier molecular flexibility index (Phi) is 8.29. The first-order valence-electron chi connectivity index (χ1n) is 10.1. The maximum atomic E-state index is 12.8. The highest BCUT2D eigenvalue weighted by molar-refractivity contribution is 7.92. The SMILES string of the molecule is CC[C@@H](C(=O)NCCCc1ccc(OC)cc1)N(c1ccc(C)c(C)c1)S(C)(=O)=O. The molecule has 0 radical (unpaired) electrons. The van der Waals surface area contributed by atoms with Crippen LogP contribution in [0.2, 0.25) is 0 Å². The van der Waals surface area contributed by atoms with Crippen molar-refractivity contribution in [3.05, 3.63) is 59.2 Å². The highest BCUT2D eigenvalue weighted by Crippen LogP contribution is 2.25. The average Bonchev–Trinajstić information content (AvgIpc) is 2.71. The molecule has 2 rings (SSSR count). The van der Waals surface area contributed by atoms with Crippen LogP contribution in [0.25, 0.3) is 0 Å². The Hall–Kier alpha value is -2.54. The van der Waals surface area contributed by atoms with E-state index in [4.69, 9.17) is 4.74 Å². The second kappa shape index (κ2) is 10.5. The summed E-state index contributed by atoms with van der Waals surface area (Å²) in [5.41, 5.74) is 3.73. The molecule has 164 valence electrons. The van der Waals surface area contributed by atoms with E-state index in [1.54, 1.807) is 13.2 Å². The Morgan fingerprint density at radius 3 is 2.30 bits per heavy atom. The number of amides is 1. The van der Waals surface area contributed by atoms with Gasteiger partial charge in [-0.1, -0.05) is 25.1 Å². The summed E-state index contributed by atoms with van der Waals surface area (Å²) >= 11 is 0. The number of rotatable bonds is 10. The number of nitrogens with zero attached hydrogens (tertiary/aromatic N) is 1. The van der Waals surface area contributed by atoms with Crippen LogP contribution in [0.15, 0.2) is 42.5 Å². The first-order chi connectivity index (χ1) is 14.2. The van der Waals surface area contributed by atoms with E-state index in [9.17, 15) is 13.2 Å². The fraction of sp³-hybridized carbons (Fsp3) is 0.435. The molecule has 2 aromatic rings. The van der Waals surface area contributed by atoms with Crippen molar-refractivity contribution >= 4 is 21.6 Å². The predicted molar refractivity (Wildman–Crippen MR) is 122 cm³/mol. The summed E-state index contributed by atoms with van der Waals surface area (Å²) in [7, 11) is -1.99. The summed E-state index contributed by atoms with van der Waals surface area (Å²) in [5, 5.41) is 2.91. The maximum Gasteiger partial charge on any atom is 0.243 e. The smallest absolute Gasteiger partial charge is 0.243 e. The molecule has 0 aliphatic rings. The van der Waals surface area contributed by atoms with E-state index < -0.39 is 16.1 Å². The lowest BCUT2D eigenvalue weighted by molar-refractivity contribution is -0.122. The number of hydrogen-bond acceptors (Lipinski definition) is 4. The molecule has 30 heavy (non-hydrogen) atoms. The van der Waals surface area contributed by atoms with Crippen LogP contribution in [0.5, 0.6) is 5.75 Å². The van der Waals surface area contributed by atoms with Crippen LogP contribution < -0.4 is 14.4 Å². The van der Waals surface area contributed by atoms with E-state index in [1.165, 1.54) is 4.31 Å². The van der Waals surface area contributed by atoms with Crippen LogP contribution in [0, 0.1) is 13.8 Å². The normalized spacial score (nSPS) is 12.3. The average molecular weight is 433 g/mol. The van der Waals surface area contributed by atoms with Crippen molar-refractivity contribution in [3.8, 4) is 5.75 Å². The largest absolute Gasteiger partial charge is 0.497 e. The quantitative estimate of drug-likeness (QED) is 0.582. The molecular weight excluding hydrogens is 400 g/mol. The van der Waals surface area contributed by atoms with Gasteiger partial charge in [-0.15, -0.1) is 0 Å². The van der Waals surface area contributed by atoms with Crippen LogP contribution in [0.1, 0.15) is 36.5 Å². The number of anilines is 1. The van der Waals surface area contributed by atoms with E-state index in [-0.39, 0.29) is 5.91 Å². The molecule has 0 bridgehead atoms. The predicted octanol–water partition coefficient (Wildman–Crippen LogP) is 3.61. The summed E-state index contributed by atoms with van der Waals surface area (Å²) in [6, 6.07) is 12.5. The van der Waals surface area contributed by atoms with E-state index in [1.807, 2.05) is 57.2 Å². The highest BCUT2D eigenvalue weighted by atomic mass is 32.2. The van der Waals surface area contributed by atoms with Crippen molar-refractivity contribution in [1.29, 1.82) is 0 Å². The van der Waals surface area contributed by atoms with Crippen LogP contribution in [0.3, 0.4) is 0 Å². The van der Waals surface area contributed by atoms with E-state index in [2.05, 4.69) is 5.32 Å². The number of carbonyl (C=O) groups excluding carboxylic acids is 1. The van der Waals surface area contributed by atoms with Crippen molar-refractivity contribution in [2.75, 3.05) is 24.2 Å². The minimum atomic E-state index is -3.62. The van der Waals surface area contributed by atoms with Crippen molar-refractivity contribution in [2.45, 2.75) is 46.1 Å². The zero-order chi connectivity index (χ0) is 22.3. The standard InChI is InChI=1S/C23H32N2O4S/c1-6-22(25(30(5,27)28)20-12-9-17(2)18(3)16-20)23(26)24-15-7-8-19-10-13-21(29-4)14-11-19/h9-14,16,22H,6-8,15H2,1-5H3,(H,24,26)/t22-/m0/s1. The molecule has 0 saturated heterocycles. The third-order valence-corrected chi connectivity index (χ3v) is 6.36. The van der Waals surface area contributed by atoms with Crippen LogP contribution in [-0.4, -0.2) is 40.3 Å². The molecule has 7 heteroatoms. The molecule has 6 nitrogen and oxygen atoms in total. The molecule has 0 aromatic heterocycles. The van der Waals surface area contributed by atoms with Gasteiger partial charge in [-0.2, -0.15) is 0 Å². The Labute approximate surface area is 180 Å². The number of ether oxygens (including phenoxy) is 1. The van der Waals surface area contributed by atoms with E-state index in [0.717, 1.165) is 41.5 Å². The zero-order valence-corrected chi connectivity index (χ0v) is 19.3. The van der Waals surface area contributed by atoms with Gasteiger partial charge in [0.1, 0.15) is 11.8 Å². The van der Waals surface area contributed by atoms with Gasteiger partial charge >= 0.3 is 0 Å². The van der Waals surface area contributed by atoms with Gasteiger partial charge in [-0.3, -0.25) is 9.10 Å². The molecule has 0 aliphatic carbocycles. The first kappa shape index (κ1) is 23.7. The Morgan fingerprint density at radius 2 is 1.77 bits per heavy atom. The number of aryl methyl sites for hydroxylation is 3. The van der Waals surface area contributed by atoms with Gasteiger partial charge in [0.2, 0.25) is 15.9 Å². The van der Waals surface area contributed by atoms with Crippen LogP contribution in [-0.2, 0) is 21.2 Å². The maximum absolute atomic E-state index is 12.8. The van der Waals surface area contributed by atoms with Gasteiger partial charge in [0.05, 0.1) is 19.1 Å². The van der Waals surface area contributed by atoms with Crippen molar-refractivity contribution in [3.63, 3.8) is 0 Å². The van der Waals surface area contributed by atoms with E-state index in [0.29, 0.717) is 18.7 Å². The summed E-state index contributed by atoms with van der Waals surface area (Å²) in [4.78, 5) is 12.8. The number of benzene rings is 2. The second-order valence-electron chi connectivity index (χ2n) is 7.49. The fourth-order valence-corrected chi connectivity index (χ4v) is 4.54. The van der Waals surface area contributed by atoms with Crippen molar-refractivity contribution in [1.82, 2.24) is 5.32 Å². The molecular formula is C23H32N2O4S. The molecule has 1 atom stereocenters. The minimum Gasteiger partial charge on any atom is -0.497 e. The van der Waals surface area contributed by atoms with Crippen molar-refractivity contribution in [2.24, 2.45) is 0 Å². The number of hydrogen-bond donors (Lipinski definition) is 1. The lowest BCUT2D eigenvalue weighted by atomic mass is 10.1. The molecule has 0 unspecified atom stereocenters. The second-order valence-corrected chi connectivity index (χ2v) is 9.35. The lowest BCUT2D eigenvalue weighted by Crippen LogP contribution is -2.49. The number of carbonyl (C=O) groups is 1.